The minimum atomic E-state index is -1.48. The average Bonchev–Trinajstić information content (AvgIpc) is 1.99. The molecule has 1 aliphatic rings. The van der Waals surface area contributed by atoms with E-state index in [4.69, 9.17) is 5.11 Å². The minimum Gasteiger partial charge on any atom is -0.479 e. The van der Waals surface area contributed by atoms with Crippen LogP contribution in [0.1, 0.15) is 40.0 Å². The second-order valence-corrected chi connectivity index (χ2v) is 4.76. The molecule has 1 fully saturated rings. The Kier molecular flexibility index (Phi) is 3.20. The predicted molar refractivity (Wildman–Crippen MR) is 53.9 cm³/mol. The summed E-state index contributed by atoms with van der Waals surface area (Å²) in [6.07, 6.45) is 2.01. The van der Waals surface area contributed by atoms with Crippen LogP contribution >= 0.6 is 0 Å². The van der Waals surface area contributed by atoms with Crippen molar-refractivity contribution in [1.29, 1.82) is 0 Å². The van der Waals surface area contributed by atoms with Crippen LogP contribution in [0.5, 0.6) is 0 Å². The van der Waals surface area contributed by atoms with Gasteiger partial charge in [0.15, 0.2) is 5.60 Å². The summed E-state index contributed by atoms with van der Waals surface area (Å²) < 4.78 is 0. The Morgan fingerprint density at radius 3 is 2.29 bits per heavy atom. The van der Waals surface area contributed by atoms with E-state index in [9.17, 15) is 9.90 Å². The molecule has 3 heteroatoms. The van der Waals surface area contributed by atoms with Gasteiger partial charge in [0, 0.05) is 0 Å². The van der Waals surface area contributed by atoms with E-state index < -0.39 is 11.6 Å². The maximum atomic E-state index is 10.9. The second kappa shape index (κ2) is 3.89. The van der Waals surface area contributed by atoms with Gasteiger partial charge in [0.25, 0.3) is 0 Å². The molecule has 0 aromatic carbocycles. The fourth-order valence-corrected chi connectivity index (χ4v) is 2.21. The van der Waals surface area contributed by atoms with Gasteiger partial charge in [-0.3, -0.25) is 0 Å². The Morgan fingerprint density at radius 1 is 1.50 bits per heavy atom. The van der Waals surface area contributed by atoms with Gasteiger partial charge in [0.2, 0.25) is 0 Å². The third-order valence-electron chi connectivity index (χ3n) is 3.70. The van der Waals surface area contributed by atoms with E-state index >= 15 is 0 Å². The van der Waals surface area contributed by atoms with Gasteiger partial charge in [0.05, 0.1) is 0 Å². The quantitative estimate of drug-likeness (QED) is 0.728. The lowest BCUT2D eigenvalue weighted by Crippen LogP contribution is -2.51. The molecule has 0 bridgehead atoms. The van der Waals surface area contributed by atoms with E-state index in [0.29, 0.717) is 18.3 Å². The molecule has 1 atom stereocenters. The molecule has 0 aromatic heterocycles. The number of rotatable bonds is 4. The van der Waals surface area contributed by atoms with Crippen LogP contribution in [-0.4, -0.2) is 21.8 Å². The Hall–Kier alpha value is -0.570. The highest BCUT2D eigenvalue weighted by Crippen LogP contribution is 2.45. The van der Waals surface area contributed by atoms with Crippen LogP contribution < -0.4 is 0 Å². The second-order valence-electron chi connectivity index (χ2n) is 4.76. The largest absolute Gasteiger partial charge is 0.479 e. The molecule has 0 spiro atoms. The summed E-state index contributed by atoms with van der Waals surface area (Å²) in [6, 6.07) is 0. The summed E-state index contributed by atoms with van der Waals surface area (Å²) in [5.74, 6) is 0.0863. The average molecular weight is 200 g/mol. The molecule has 1 rings (SSSR count). The van der Waals surface area contributed by atoms with Crippen LogP contribution in [0.3, 0.4) is 0 Å². The number of carboxylic acids is 1. The van der Waals surface area contributed by atoms with Gasteiger partial charge in [-0.2, -0.15) is 0 Å². The molecule has 1 aliphatic carbocycles. The molecule has 14 heavy (non-hydrogen) atoms. The van der Waals surface area contributed by atoms with Crippen LogP contribution in [0, 0.1) is 17.8 Å². The highest BCUT2D eigenvalue weighted by Gasteiger charge is 2.49. The molecule has 0 amide bonds. The number of hydrogen-bond acceptors (Lipinski definition) is 2. The van der Waals surface area contributed by atoms with Crippen molar-refractivity contribution in [2.24, 2.45) is 17.8 Å². The Balaban J connectivity index is 2.56. The normalized spacial score (nSPS) is 30.9. The molecule has 2 N–H and O–H groups in total. The van der Waals surface area contributed by atoms with Gasteiger partial charge < -0.3 is 10.2 Å². The third kappa shape index (κ3) is 1.78. The SMILES string of the molecule is CCC(O)(C(=O)O)C1CC(C(C)C)C1. The molecule has 3 nitrogen and oxygen atoms in total. The van der Waals surface area contributed by atoms with Crippen molar-refractivity contribution in [1.82, 2.24) is 0 Å². The number of carboxylic acid groups (broad SMARTS) is 1. The molecule has 0 aliphatic heterocycles. The van der Waals surface area contributed by atoms with Crippen molar-refractivity contribution in [3.05, 3.63) is 0 Å². The maximum Gasteiger partial charge on any atom is 0.335 e. The first-order chi connectivity index (χ1) is 6.41. The molecule has 0 aromatic rings. The fraction of sp³-hybridized carbons (Fsp3) is 0.909. The van der Waals surface area contributed by atoms with E-state index in [1.165, 1.54) is 0 Å². The van der Waals surface area contributed by atoms with Crippen molar-refractivity contribution in [3.63, 3.8) is 0 Å². The summed E-state index contributed by atoms with van der Waals surface area (Å²) in [5, 5.41) is 18.9. The lowest BCUT2D eigenvalue weighted by atomic mass is 9.62. The van der Waals surface area contributed by atoms with E-state index in [-0.39, 0.29) is 5.92 Å². The van der Waals surface area contributed by atoms with Gasteiger partial charge in [-0.1, -0.05) is 20.8 Å². The molecular formula is C11H20O3. The number of carbonyl (C=O) groups is 1. The van der Waals surface area contributed by atoms with E-state index in [1.54, 1.807) is 6.92 Å². The summed E-state index contributed by atoms with van der Waals surface area (Å²) >= 11 is 0. The molecule has 0 radical (unpaired) electrons. The zero-order valence-corrected chi connectivity index (χ0v) is 9.16. The molecular weight excluding hydrogens is 180 g/mol. The molecule has 0 heterocycles. The van der Waals surface area contributed by atoms with Crippen molar-refractivity contribution in [2.75, 3.05) is 0 Å². The van der Waals surface area contributed by atoms with Crippen molar-refractivity contribution >= 4 is 5.97 Å². The van der Waals surface area contributed by atoms with E-state index in [0.717, 1.165) is 12.8 Å². The van der Waals surface area contributed by atoms with Gasteiger partial charge in [-0.05, 0) is 37.0 Å². The Morgan fingerprint density at radius 2 is 2.00 bits per heavy atom. The fourth-order valence-electron chi connectivity index (χ4n) is 2.21. The third-order valence-corrected chi connectivity index (χ3v) is 3.70. The Labute approximate surface area is 85.1 Å². The molecule has 1 saturated carbocycles. The minimum absolute atomic E-state index is 0.0441. The van der Waals surface area contributed by atoms with Gasteiger partial charge >= 0.3 is 5.97 Å². The molecule has 82 valence electrons. The van der Waals surface area contributed by atoms with Crippen LogP contribution in [0.15, 0.2) is 0 Å². The predicted octanol–water partition coefficient (Wildman–Crippen LogP) is 1.89. The summed E-state index contributed by atoms with van der Waals surface area (Å²) in [4.78, 5) is 10.9. The monoisotopic (exact) mass is 200 g/mol. The lowest BCUT2D eigenvalue weighted by Gasteiger charge is -2.45. The van der Waals surface area contributed by atoms with Crippen LogP contribution in [0.4, 0.5) is 0 Å². The summed E-state index contributed by atoms with van der Waals surface area (Å²) in [7, 11) is 0. The smallest absolute Gasteiger partial charge is 0.335 e. The Bertz CT molecular complexity index is 219. The summed E-state index contributed by atoms with van der Waals surface area (Å²) in [5.41, 5.74) is -1.48. The van der Waals surface area contributed by atoms with Gasteiger partial charge in [0.1, 0.15) is 0 Å². The van der Waals surface area contributed by atoms with Crippen LogP contribution in [0.25, 0.3) is 0 Å². The first kappa shape index (κ1) is 11.5. The van der Waals surface area contributed by atoms with E-state index in [2.05, 4.69) is 13.8 Å². The zero-order valence-electron chi connectivity index (χ0n) is 9.16. The molecule has 0 saturated heterocycles. The lowest BCUT2D eigenvalue weighted by molar-refractivity contribution is -0.173. The topological polar surface area (TPSA) is 57.5 Å². The number of aliphatic hydroxyl groups is 1. The van der Waals surface area contributed by atoms with E-state index in [1.807, 2.05) is 0 Å². The maximum absolute atomic E-state index is 10.9. The standard InChI is InChI=1S/C11H20O3/c1-4-11(14,10(12)13)9-5-8(6-9)7(2)3/h7-9,14H,4-6H2,1-3H3,(H,12,13). The van der Waals surface area contributed by atoms with Crippen LogP contribution in [0.2, 0.25) is 0 Å². The van der Waals surface area contributed by atoms with Crippen molar-refractivity contribution in [2.45, 2.75) is 45.6 Å². The molecule has 1 unspecified atom stereocenters. The van der Waals surface area contributed by atoms with Gasteiger partial charge in [-0.25, -0.2) is 4.79 Å². The van der Waals surface area contributed by atoms with Crippen molar-refractivity contribution in [3.8, 4) is 0 Å². The summed E-state index contributed by atoms with van der Waals surface area (Å²) in [6.45, 7) is 6.02. The zero-order chi connectivity index (χ0) is 10.9. The highest BCUT2D eigenvalue weighted by molar-refractivity contribution is 5.77. The number of aliphatic carboxylic acids is 1. The first-order valence-corrected chi connectivity index (χ1v) is 5.37. The number of hydrogen-bond donors (Lipinski definition) is 2. The van der Waals surface area contributed by atoms with Crippen LogP contribution in [-0.2, 0) is 4.79 Å². The highest BCUT2D eigenvalue weighted by atomic mass is 16.4. The van der Waals surface area contributed by atoms with Gasteiger partial charge in [-0.15, -0.1) is 0 Å². The first-order valence-electron chi connectivity index (χ1n) is 5.37. The van der Waals surface area contributed by atoms with Crippen molar-refractivity contribution < 1.29 is 15.0 Å².